The Morgan fingerprint density at radius 2 is 1.64 bits per heavy atom. The van der Waals surface area contributed by atoms with Crippen molar-refractivity contribution < 1.29 is 23.5 Å². The van der Waals surface area contributed by atoms with E-state index in [-0.39, 0.29) is 13.0 Å². The fourth-order valence-electron chi connectivity index (χ4n) is 3.68. The van der Waals surface area contributed by atoms with E-state index in [1.54, 1.807) is 61.7 Å². The van der Waals surface area contributed by atoms with Gasteiger partial charge >= 0.3 is 6.03 Å². The van der Waals surface area contributed by atoms with Crippen LogP contribution in [0.25, 0.3) is 0 Å². The summed E-state index contributed by atoms with van der Waals surface area (Å²) < 4.78 is 18.3. The van der Waals surface area contributed by atoms with Gasteiger partial charge < -0.3 is 15.0 Å². The van der Waals surface area contributed by atoms with Gasteiger partial charge in [-0.15, -0.1) is 0 Å². The van der Waals surface area contributed by atoms with E-state index in [0.29, 0.717) is 17.1 Å². The minimum absolute atomic E-state index is 0.145. The number of carbonyl (C=O) groups is 3. The van der Waals surface area contributed by atoms with Crippen molar-refractivity contribution >= 4 is 29.2 Å². The molecule has 0 aromatic heterocycles. The SMILES string of the molecule is COc1ccc(CN2C(=O)N(c3ccccc3)C(=O)[C@@H]2CC(=O)Nc2ccc(F)cc2)cc1. The van der Waals surface area contributed by atoms with Crippen LogP contribution in [0, 0.1) is 5.82 Å². The molecule has 168 valence electrons. The van der Waals surface area contributed by atoms with Crippen molar-refractivity contribution in [3.05, 3.63) is 90.2 Å². The zero-order chi connectivity index (χ0) is 23.4. The molecule has 0 spiro atoms. The van der Waals surface area contributed by atoms with Crippen LogP contribution in [0.4, 0.5) is 20.6 Å². The van der Waals surface area contributed by atoms with Crippen LogP contribution >= 0.6 is 0 Å². The molecule has 1 N–H and O–H groups in total. The first-order chi connectivity index (χ1) is 16.0. The standard InChI is InChI=1S/C25H22FN3O4/c1-33-21-13-7-17(8-14-21)16-28-22(15-23(30)27-19-11-9-18(26)10-12-19)24(31)29(25(28)32)20-5-3-2-4-6-20/h2-14,22H,15-16H2,1H3,(H,27,30)/t22-/m0/s1. The van der Waals surface area contributed by atoms with Crippen LogP contribution in [0.1, 0.15) is 12.0 Å². The first-order valence-electron chi connectivity index (χ1n) is 10.3. The van der Waals surface area contributed by atoms with Crippen LogP contribution in [0.3, 0.4) is 0 Å². The summed E-state index contributed by atoms with van der Waals surface area (Å²) in [7, 11) is 1.56. The largest absolute Gasteiger partial charge is 0.497 e. The van der Waals surface area contributed by atoms with Crippen molar-refractivity contribution in [1.82, 2.24) is 4.90 Å². The Morgan fingerprint density at radius 1 is 0.970 bits per heavy atom. The number of amides is 4. The highest BCUT2D eigenvalue weighted by atomic mass is 19.1. The van der Waals surface area contributed by atoms with E-state index >= 15 is 0 Å². The van der Waals surface area contributed by atoms with E-state index < -0.39 is 29.7 Å². The number of hydrogen-bond donors (Lipinski definition) is 1. The number of benzene rings is 3. The highest BCUT2D eigenvalue weighted by molar-refractivity contribution is 6.22. The van der Waals surface area contributed by atoms with E-state index in [9.17, 15) is 18.8 Å². The molecule has 1 saturated heterocycles. The van der Waals surface area contributed by atoms with Gasteiger partial charge in [0.15, 0.2) is 0 Å². The summed E-state index contributed by atoms with van der Waals surface area (Å²) in [6, 6.07) is 19.6. The van der Waals surface area contributed by atoms with E-state index in [0.717, 1.165) is 10.5 Å². The molecule has 3 aromatic rings. The van der Waals surface area contributed by atoms with Crippen LogP contribution in [0.5, 0.6) is 5.75 Å². The van der Waals surface area contributed by atoms with Crippen molar-refractivity contribution in [3.63, 3.8) is 0 Å². The number of rotatable bonds is 7. The van der Waals surface area contributed by atoms with E-state index in [1.165, 1.54) is 29.2 Å². The predicted molar refractivity (Wildman–Crippen MR) is 121 cm³/mol. The summed E-state index contributed by atoms with van der Waals surface area (Å²) >= 11 is 0. The minimum Gasteiger partial charge on any atom is -0.497 e. The van der Waals surface area contributed by atoms with E-state index in [1.807, 2.05) is 0 Å². The van der Waals surface area contributed by atoms with Gasteiger partial charge in [0, 0.05) is 12.2 Å². The fraction of sp³-hybridized carbons (Fsp3) is 0.160. The van der Waals surface area contributed by atoms with Gasteiger partial charge in [0.05, 0.1) is 19.2 Å². The van der Waals surface area contributed by atoms with Crippen LogP contribution in [0.2, 0.25) is 0 Å². The zero-order valence-electron chi connectivity index (χ0n) is 17.9. The highest BCUT2D eigenvalue weighted by Gasteiger charge is 2.46. The van der Waals surface area contributed by atoms with Gasteiger partial charge in [0.1, 0.15) is 17.6 Å². The number of para-hydroxylation sites is 1. The molecule has 8 heteroatoms. The maximum absolute atomic E-state index is 13.3. The number of anilines is 2. The number of halogens is 1. The van der Waals surface area contributed by atoms with Crippen molar-refractivity contribution in [2.75, 3.05) is 17.3 Å². The average Bonchev–Trinajstić information content (AvgIpc) is 3.05. The maximum Gasteiger partial charge on any atom is 0.332 e. The molecule has 1 atom stereocenters. The van der Waals surface area contributed by atoms with Crippen molar-refractivity contribution in [3.8, 4) is 5.75 Å². The molecular weight excluding hydrogens is 425 g/mol. The molecular formula is C25H22FN3O4. The minimum atomic E-state index is -0.986. The predicted octanol–water partition coefficient (Wildman–Crippen LogP) is 4.20. The Hall–Kier alpha value is -4.20. The molecule has 7 nitrogen and oxygen atoms in total. The second-order valence-electron chi connectivity index (χ2n) is 7.54. The Balaban J connectivity index is 1.58. The Morgan fingerprint density at radius 3 is 2.27 bits per heavy atom. The molecule has 0 bridgehead atoms. The van der Waals surface area contributed by atoms with E-state index in [2.05, 4.69) is 5.32 Å². The van der Waals surface area contributed by atoms with Crippen molar-refractivity contribution in [2.24, 2.45) is 0 Å². The third kappa shape index (κ3) is 4.85. The molecule has 4 rings (SSSR count). The van der Waals surface area contributed by atoms with Gasteiger partial charge in [-0.2, -0.15) is 0 Å². The summed E-state index contributed by atoms with van der Waals surface area (Å²) in [4.78, 5) is 41.7. The van der Waals surface area contributed by atoms with E-state index in [4.69, 9.17) is 4.74 Å². The molecule has 0 aliphatic carbocycles. The third-order valence-corrected chi connectivity index (χ3v) is 5.35. The molecule has 0 saturated carbocycles. The second kappa shape index (κ2) is 9.52. The number of carbonyl (C=O) groups excluding carboxylic acids is 3. The Bertz CT molecular complexity index is 1150. The molecule has 0 unspecified atom stereocenters. The molecule has 1 heterocycles. The van der Waals surface area contributed by atoms with Crippen LogP contribution in [0.15, 0.2) is 78.9 Å². The summed E-state index contributed by atoms with van der Waals surface area (Å²) in [6.45, 7) is 0.145. The number of methoxy groups -OCH3 is 1. The van der Waals surface area contributed by atoms with Crippen molar-refractivity contribution in [1.29, 1.82) is 0 Å². The van der Waals surface area contributed by atoms with Gasteiger partial charge in [0.25, 0.3) is 5.91 Å². The zero-order valence-corrected chi connectivity index (χ0v) is 17.9. The topological polar surface area (TPSA) is 79.0 Å². The summed E-state index contributed by atoms with van der Waals surface area (Å²) in [5.74, 6) is -0.686. The monoisotopic (exact) mass is 447 g/mol. The first kappa shape index (κ1) is 22.0. The van der Waals surface area contributed by atoms with Gasteiger partial charge in [-0.3, -0.25) is 9.59 Å². The van der Waals surface area contributed by atoms with Crippen molar-refractivity contribution in [2.45, 2.75) is 19.0 Å². The van der Waals surface area contributed by atoms with Crippen LogP contribution in [-0.2, 0) is 16.1 Å². The van der Waals surface area contributed by atoms with Crippen LogP contribution in [-0.4, -0.2) is 35.9 Å². The number of ether oxygens (including phenoxy) is 1. The smallest absolute Gasteiger partial charge is 0.332 e. The lowest BCUT2D eigenvalue weighted by atomic mass is 10.1. The molecule has 0 radical (unpaired) electrons. The number of nitrogens with one attached hydrogen (secondary N) is 1. The lowest BCUT2D eigenvalue weighted by Crippen LogP contribution is -2.37. The van der Waals surface area contributed by atoms with Gasteiger partial charge in [0.2, 0.25) is 5.91 Å². The molecule has 1 aliphatic heterocycles. The number of imide groups is 1. The highest BCUT2D eigenvalue weighted by Crippen LogP contribution is 2.29. The molecule has 1 aliphatic rings. The molecule has 33 heavy (non-hydrogen) atoms. The van der Waals surface area contributed by atoms with Gasteiger partial charge in [-0.25, -0.2) is 14.1 Å². The lowest BCUT2D eigenvalue weighted by Gasteiger charge is -2.22. The summed E-state index contributed by atoms with van der Waals surface area (Å²) in [5, 5.41) is 2.65. The number of urea groups is 1. The van der Waals surface area contributed by atoms with Gasteiger partial charge in [-0.05, 0) is 54.1 Å². The summed E-state index contributed by atoms with van der Waals surface area (Å²) in [6.07, 6.45) is -0.235. The second-order valence-corrected chi connectivity index (χ2v) is 7.54. The lowest BCUT2D eigenvalue weighted by molar-refractivity contribution is -0.124. The van der Waals surface area contributed by atoms with Gasteiger partial charge in [-0.1, -0.05) is 30.3 Å². The third-order valence-electron chi connectivity index (χ3n) is 5.35. The molecule has 1 fully saturated rings. The molecule has 3 aromatic carbocycles. The average molecular weight is 447 g/mol. The molecule has 4 amide bonds. The fourth-order valence-corrected chi connectivity index (χ4v) is 3.68. The summed E-state index contributed by atoms with van der Waals surface area (Å²) in [5.41, 5.74) is 1.63. The first-order valence-corrected chi connectivity index (χ1v) is 10.3. The Kier molecular flexibility index (Phi) is 6.35. The van der Waals surface area contributed by atoms with Crippen LogP contribution < -0.4 is 15.0 Å². The number of hydrogen-bond acceptors (Lipinski definition) is 4. The quantitative estimate of drug-likeness (QED) is 0.551. The maximum atomic E-state index is 13.3. The number of nitrogens with zero attached hydrogens (tertiary/aromatic N) is 2. The normalized spacial score (nSPS) is 15.6. The Labute approximate surface area is 190 Å².